The number of ether oxygens (including phenoxy) is 1. The van der Waals surface area contributed by atoms with Gasteiger partial charge in [-0.05, 0) is 30.7 Å². The van der Waals surface area contributed by atoms with Gasteiger partial charge < -0.3 is 10.5 Å². The fourth-order valence-corrected chi connectivity index (χ4v) is 1.99. The molecule has 0 radical (unpaired) electrons. The zero-order valence-corrected chi connectivity index (χ0v) is 11.7. The highest BCUT2D eigenvalue weighted by Gasteiger charge is 2.16. The van der Waals surface area contributed by atoms with Gasteiger partial charge in [0.2, 0.25) is 0 Å². The third kappa shape index (κ3) is 3.38. The molecule has 0 spiro atoms. The first-order valence-corrected chi connectivity index (χ1v) is 6.57. The van der Waals surface area contributed by atoms with Crippen LogP contribution >= 0.6 is 0 Å². The van der Waals surface area contributed by atoms with E-state index in [9.17, 15) is 4.79 Å². The predicted molar refractivity (Wildman–Crippen MR) is 77.1 cm³/mol. The number of carbonyl (C=O) groups excluding carboxylic acids is 1. The molecule has 2 N–H and O–H groups in total. The van der Waals surface area contributed by atoms with Gasteiger partial charge in [0.1, 0.15) is 0 Å². The highest BCUT2D eigenvalue weighted by molar-refractivity contribution is 5.78. The fourth-order valence-electron chi connectivity index (χ4n) is 1.99. The summed E-state index contributed by atoms with van der Waals surface area (Å²) in [6, 6.07) is 9.22. The van der Waals surface area contributed by atoms with Gasteiger partial charge in [-0.3, -0.25) is 9.48 Å². The second kappa shape index (κ2) is 6.23. The van der Waals surface area contributed by atoms with E-state index >= 15 is 0 Å². The van der Waals surface area contributed by atoms with Crippen molar-refractivity contribution in [3.05, 3.63) is 47.8 Å². The van der Waals surface area contributed by atoms with Crippen LogP contribution in [0.15, 0.2) is 36.5 Å². The van der Waals surface area contributed by atoms with Crippen molar-refractivity contribution in [3.63, 3.8) is 0 Å². The summed E-state index contributed by atoms with van der Waals surface area (Å²) in [6.45, 7) is 2.17. The molecule has 106 valence electrons. The summed E-state index contributed by atoms with van der Waals surface area (Å²) in [6.07, 6.45) is 2.39. The van der Waals surface area contributed by atoms with Gasteiger partial charge in [-0.25, -0.2) is 0 Å². The minimum Gasteiger partial charge on any atom is -0.465 e. The van der Waals surface area contributed by atoms with Crippen LogP contribution in [0.25, 0.3) is 0 Å². The highest BCUT2D eigenvalue weighted by atomic mass is 16.5. The lowest BCUT2D eigenvalue weighted by molar-refractivity contribution is -0.144. The van der Waals surface area contributed by atoms with Crippen LogP contribution in [0.4, 0.5) is 5.69 Å². The van der Waals surface area contributed by atoms with E-state index in [4.69, 9.17) is 10.5 Å². The van der Waals surface area contributed by atoms with E-state index in [1.54, 1.807) is 23.0 Å². The molecule has 0 fully saturated rings. The van der Waals surface area contributed by atoms with Crippen molar-refractivity contribution in [2.24, 2.45) is 7.05 Å². The number of nitrogens with zero attached hydrogens (tertiary/aromatic N) is 2. The summed E-state index contributed by atoms with van der Waals surface area (Å²) in [5.41, 5.74) is 8.27. The van der Waals surface area contributed by atoms with Gasteiger partial charge in [0.25, 0.3) is 0 Å². The van der Waals surface area contributed by atoms with E-state index in [2.05, 4.69) is 5.10 Å². The number of aromatic nitrogens is 2. The van der Waals surface area contributed by atoms with Gasteiger partial charge in [0.15, 0.2) is 0 Å². The normalized spacial score (nSPS) is 12.1. The quantitative estimate of drug-likeness (QED) is 0.667. The smallest absolute Gasteiger partial charge is 0.313 e. The Bertz CT molecular complexity index is 592. The molecule has 0 saturated carbocycles. The average Bonchev–Trinajstić information content (AvgIpc) is 2.83. The number of hydrogen-bond acceptors (Lipinski definition) is 4. The highest BCUT2D eigenvalue weighted by Crippen LogP contribution is 2.19. The summed E-state index contributed by atoms with van der Waals surface area (Å²) < 4.78 is 7.08. The Labute approximate surface area is 118 Å². The molecule has 2 rings (SSSR count). The number of hydrogen-bond donors (Lipinski definition) is 1. The summed E-state index contributed by atoms with van der Waals surface area (Å²) in [4.78, 5) is 12.0. The van der Waals surface area contributed by atoms with Gasteiger partial charge in [0, 0.05) is 31.0 Å². The van der Waals surface area contributed by atoms with E-state index in [0.29, 0.717) is 18.7 Å². The van der Waals surface area contributed by atoms with Crippen molar-refractivity contribution in [1.29, 1.82) is 0 Å². The van der Waals surface area contributed by atoms with Gasteiger partial charge in [-0.1, -0.05) is 12.1 Å². The number of aryl methyl sites for hydroxylation is 1. The monoisotopic (exact) mass is 273 g/mol. The average molecular weight is 273 g/mol. The molecule has 0 amide bonds. The van der Waals surface area contributed by atoms with Crippen LogP contribution < -0.4 is 5.73 Å². The SMILES string of the molecule is CC(C(=O)OCCc1ccnn1C)c1cccc(N)c1. The lowest BCUT2D eigenvalue weighted by Gasteiger charge is -2.12. The molecule has 0 bridgehead atoms. The molecule has 20 heavy (non-hydrogen) atoms. The first-order valence-electron chi connectivity index (χ1n) is 6.57. The van der Waals surface area contributed by atoms with E-state index in [1.165, 1.54) is 0 Å². The summed E-state index contributed by atoms with van der Waals surface area (Å²) in [5, 5.41) is 4.07. The van der Waals surface area contributed by atoms with E-state index in [0.717, 1.165) is 11.3 Å². The Kier molecular flexibility index (Phi) is 4.40. The number of anilines is 1. The van der Waals surface area contributed by atoms with Crippen molar-refractivity contribution >= 4 is 11.7 Å². The summed E-state index contributed by atoms with van der Waals surface area (Å²) in [7, 11) is 1.87. The molecule has 0 aliphatic rings. The van der Waals surface area contributed by atoms with Gasteiger partial charge in [-0.2, -0.15) is 5.10 Å². The fraction of sp³-hybridized carbons (Fsp3) is 0.333. The molecule has 0 aliphatic heterocycles. The van der Waals surface area contributed by atoms with Crippen molar-refractivity contribution in [2.75, 3.05) is 12.3 Å². The Morgan fingerprint density at radius 1 is 1.45 bits per heavy atom. The minimum atomic E-state index is -0.315. The number of nitrogens with two attached hydrogens (primary N) is 1. The van der Waals surface area contributed by atoms with Crippen LogP contribution in [0.5, 0.6) is 0 Å². The number of rotatable bonds is 5. The first-order chi connectivity index (χ1) is 9.58. The molecule has 1 aromatic carbocycles. The van der Waals surface area contributed by atoms with Gasteiger partial charge in [-0.15, -0.1) is 0 Å². The second-order valence-electron chi connectivity index (χ2n) is 4.76. The molecule has 1 unspecified atom stereocenters. The Balaban J connectivity index is 1.87. The molecular formula is C15H19N3O2. The third-order valence-corrected chi connectivity index (χ3v) is 3.29. The van der Waals surface area contributed by atoms with E-state index in [1.807, 2.05) is 32.2 Å². The van der Waals surface area contributed by atoms with Crippen LogP contribution in [0.1, 0.15) is 24.1 Å². The molecule has 0 aliphatic carbocycles. The minimum absolute atomic E-state index is 0.238. The number of carbonyl (C=O) groups is 1. The standard InChI is InChI=1S/C15H19N3O2/c1-11(12-4-3-5-13(16)10-12)15(19)20-9-7-14-6-8-17-18(14)2/h3-6,8,10-11H,7,9,16H2,1-2H3. The Hall–Kier alpha value is -2.30. The largest absolute Gasteiger partial charge is 0.465 e. The van der Waals surface area contributed by atoms with Crippen molar-refractivity contribution < 1.29 is 9.53 Å². The van der Waals surface area contributed by atoms with Crippen molar-refractivity contribution in [2.45, 2.75) is 19.3 Å². The predicted octanol–water partition coefficient (Wildman–Crippen LogP) is 1.89. The maximum absolute atomic E-state index is 12.0. The third-order valence-electron chi connectivity index (χ3n) is 3.29. The lowest BCUT2D eigenvalue weighted by atomic mass is 10.0. The topological polar surface area (TPSA) is 70.1 Å². The van der Waals surface area contributed by atoms with Gasteiger partial charge >= 0.3 is 5.97 Å². The molecule has 2 aromatic rings. The maximum Gasteiger partial charge on any atom is 0.313 e. The summed E-state index contributed by atoms with van der Waals surface area (Å²) in [5.74, 6) is -0.553. The number of nitrogen functional groups attached to an aromatic ring is 1. The van der Waals surface area contributed by atoms with E-state index in [-0.39, 0.29) is 11.9 Å². The molecule has 1 heterocycles. The van der Waals surface area contributed by atoms with Crippen molar-refractivity contribution in [3.8, 4) is 0 Å². The first kappa shape index (κ1) is 14.1. The van der Waals surface area contributed by atoms with E-state index < -0.39 is 0 Å². The maximum atomic E-state index is 12.0. The van der Waals surface area contributed by atoms with Crippen LogP contribution in [0, 0.1) is 0 Å². The molecule has 1 aromatic heterocycles. The Morgan fingerprint density at radius 2 is 2.25 bits per heavy atom. The molecule has 0 saturated heterocycles. The number of esters is 1. The summed E-state index contributed by atoms with van der Waals surface area (Å²) >= 11 is 0. The molecular weight excluding hydrogens is 254 g/mol. The zero-order chi connectivity index (χ0) is 14.5. The van der Waals surface area contributed by atoms with Crippen LogP contribution in [0.2, 0.25) is 0 Å². The second-order valence-corrected chi connectivity index (χ2v) is 4.76. The van der Waals surface area contributed by atoms with Crippen LogP contribution in [0.3, 0.4) is 0 Å². The van der Waals surface area contributed by atoms with Crippen LogP contribution in [-0.4, -0.2) is 22.4 Å². The lowest BCUT2D eigenvalue weighted by Crippen LogP contribution is -2.15. The van der Waals surface area contributed by atoms with Crippen LogP contribution in [-0.2, 0) is 23.0 Å². The molecule has 5 heteroatoms. The number of benzene rings is 1. The van der Waals surface area contributed by atoms with Gasteiger partial charge in [0.05, 0.1) is 12.5 Å². The zero-order valence-electron chi connectivity index (χ0n) is 11.7. The Morgan fingerprint density at radius 3 is 2.90 bits per heavy atom. The molecule has 1 atom stereocenters. The van der Waals surface area contributed by atoms with Crippen molar-refractivity contribution in [1.82, 2.24) is 9.78 Å². The molecule has 5 nitrogen and oxygen atoms in total.